The number of rotatable bonds is 12. The third-order valence-corrected chi connectivity index (χ3v) is 11.5. The van der Waals surface area contributed by atoms with Gasteiger partial charge in [-0.05, 0) is 70.8 Å². The maximum atomic E-state index is 8.36. The predicted octanol–water partition coefficient (Wildman–Crippen LogP) is 12.7. The lowest BCUT2D eigenvalue weighted by atomic mass is 10.1. The second-order valence-electron chi connectivity index (χ2n) is 10.9. The molecule has 0 fully saturated rings. The molecule has 6 rings (SSSR count). The highest BCUT2D eigenvalue weighted by Crippen LogP contribution is 2.39. The Kier molecular flexibility index (Phi) is 17.3. The van der Waals surface area contributed by atoms with Crippen LogP contribution in [-0.4, -0.2) is 29.4 Å². The van der Waals surface area contributed by atoms with E-state index in [0.717, 1.165) is 45.8 Å². The highest BCUT2D eigenvalue weighted by atomic mass is 35.5. The van der Waals surface area contributed by atoms with E-state index in [1.165, 1.54) is 11.1 Å². The van der Waals surface area contributed by atoms with Crippen LogP contribution in [-0.2, 0) is 24.6 Å². The highest BCUT2D eigenvalue weighted by Gasteiger charge is 2.18. The summed E-state index contributed by atoms with van der Waals surface area (Å²) in [6.07, 6.45) is 11.1. The molecule has 0 saturated heterocycles. The number of halogens is 6. The van der Waals surface area contributed by atoms with Crippen molar-refractivity contribution in [2.24, 2.45) is 0 Å². The molecule has 272 valence electrons. The van der Waals surface area contributed by atoms with Gasteiger partial charge >= 0.3 is 0 Å². The molecule has 6 aromatic rings. The van der Waals surface area contributed by atoms with Gasteiger partial charge in [0.15, 0.2) is 0 Å². The molecule has 0 radical (unpaired) electrons. The number of hydrogen-bond donors (Lipinski definition) is 1. The smallest absolute Gasteiger partial charge is 0.291 e. The van der Waals surface area contributed by atoms with E-state index in [-0.39, 0.29) is 10.5 Å². The monoisotopic (exact) mass is 855 g/mol. The van der Waals surface area contributed by atoms with Gasteiger partial charge in [-0.1, -0.05) is 106 Å². The van der Waals surface area contributed by atoms with Gasteiger partial charge in [0.1, 0.15) is 0 Å². The van der Waals surface area contributed by atoms with Crippen molar-refractivity contribution in [3.05, 3.63) is 185 Å². The molecule has 0 aliphatic heterocycles. The van der Waals surface area contributed by atoms with Crippen LogP contribution in [0.5, 0.6) is 0 Å². The predicted molar refractivity (Wildman–Crippen MR) is 217 cm³/mol. The summed E-state index contributed by atoms with van der Waals surface area (Å²) >= 11 is 40.5. The minimum atomic E-state index is -1.50. The van der Waals surface area contributed by atoms with E-state index in [1.54, 1.807) is 24.5 Å². The number of aromatic nitrogens is 4. The fourth-order valence-corrected chi connectivity index (χ4v) is 8.69. The number of hydrogen-bond acceptors (Lipinski definition) is 6. The van der Waals surface area contributed by atoms with Gasteiger partial charge in [-0.15, -0.1) is 33.6 Å². The maximum absolute atomic E-state index is 8.36. The normalized spacial score (nSPS) is 11.8. The van der Waals surface area contributed by atoms with Crippen molar-refractivity contribution in [1.82, 2.24) is 19.1 Å². The van der Waals surface area contributed by atoms with Gasteiger partial charge in [0.2, 0.25) is 0 Å². The third-order valence-electron chi connectivity index (χ3n) is 7.22. The molecule has 4 aromatic carbocycles. The molecule has 52 heavy (non-hydrogen) atoms. The van der Waals surface area contributed by atoms with Crippen molar-refractivity contribution >= 4 is 93.1 Å². The standard InChI is InChI=1S/2C18H15Cl3N2S.HNO3/c2*19-14-3-1-13(2-4-14)11-24-18(10-23-8-7-22-12-23)16-6-5-15(20)9-17(16)21;2-1(3)4/h2*1-9,12,18H,10-11H2;(H,2,3,4). The van der Waals surface area contributed by atoms with E-state index in [9.17, 15) is 0 Å². The molecule has 0 bridgehead atoms. The van der Waals surface area contributed by atoms with Crippen molar-refractivity contribution in [2.75, 3.05) is 0 Å². The summed E-state index contributed by atoms with van der Waals surface area (Å²) in [5.74, 6) is 1.74. The zero-order chi connectivity index (χ0) is 37.5. The van der Waals surface area contributed by atoms with Crippen molar-refractivity contribution in [1.29, 1.82) is 0 Å². The average molecular weight is 859 g/mol. The van der Waals surface area contributed by atoms with Crippen LogP contribution in [0, 0.1) is 10.1 Å². The number of thioether (sulfide) groups is 2. The molecule has 0 spiro atoms. The van der Waals surface area contributed by atoms with Gasteiger partial charge < -0.3 is 14.3 Å². The average Bonchev–Trinajstić information content (AvgIpc) is 3.82. The van der Waals surface area contributed by atoms with Gasteiger partial charge in [-0.3, -0.25) is 0 Å². The van der Waals surface area contributed by atoms with Gasteiger partial charge in [-0.25, -0.2) is 9.97 Å². The van der Waals surface area contributed by atoms with Gasteiger partial charge in [-0.2, -0.15) is 0 Å². The first-order chi connectivity index (χ1) is 25.0. The molecule has 8 nitrogen and oxygen atoms in total. The van der Waals surface area contributed by atoms with Crippen LogP contribution < -0.4 is 0 Å². The van der Waals surface area contributed by atoms with E-state index in [1.807, 2.05) is 121 Å². The van der Waals surface area contributed by atoms with Crippen LogP contribution in [0.2, 0.25) is 30.1 Å². The van der Waals surface area contributed by atoms with Crippen LogP contribution in [0.15, 0.2) is 122 Å². The quantitative estimate of drug-likeness (QED) is 0.0966. The second kappa shape index (κ2) is 21.6. The summed E-state index contributed by atoms with van der Waals surface area (Å²) in [4.78, 5) is 16.6. The Labute approximate surface area is 340 Å². The molecule has 2 heterocycles. The van der Waals surface area contributed by atoms with Crippen molar-refractivity contribution in [2.45, 2.75) is 35.1 Å². The molecule has 16 heteroatoms. The summed E-state index contributed by atoms with van der Waals surface area (Å²) in [6, 6.07) is 27.2. The molecule has 2 aromatic heterocycles. The van der Waals surface area contributed by atoms with Gasteiger partial charge in [0.05, 0.1) is 12.7 Å². The SMILES string of the molecule is Clc1ccc(CSC(Cn2ccnc2)c2ccc(Cl)cc2Cl)cc1.Clc1ccc(CSC(Cn2ccnc2)c2ccc(Cl)cc2Cl)cc1.O=[N+]([O-])O. The van der Waals surface area contributed by atoms with Crippen LogP contribution in [0.4, 0.5) is 0 Å². The lowest BCUT2D eigenvalue weighted by molar-refractivity contribution is -0.742. The lowest BCUT2D eigenvalue weighted by Crippen LogP contribution is -2.06. The first-order valence-electron chi connectivity index (χ1n) is 15.3. The Bertz CT molecular complexity index is 1830. The zero-order valence-corrected chi connectivity index (χ0v) is 33.3. The van der Waals surface area contributed by atoms with E-state index >= 15 is 0 Å². The Morgan fingerprint density at radius 3 is 1.27 bits per heavy atom. The van der Waals surface area contributed by atoms with Crippen LogP contribution in [0.3, 0.4) is 0 Å². The summed E-state index contributed by atoms with van der Waals surface area (Å²) in [6.45, 7) is 1.58. The van der Waals surface area contributed by atoms with Crippen molar-refractivity contribution in [3.8, 4) is 0 Å². The number of imidazole rings is 2. The molecule has 2 unspecified atom stereocenters. The summed E-state index contributed by atoms with van der Waals surface area (Å²) in [5.41, 5.74) is 4.61. The van der Waals surface area contributed by atoms with E-state index in [0.29, 0.717) is 20.1 Å². The van der Waals surface area contributed by atoms with E-state index in [2.05, 4.69) is 19.1 Å². The molecular formula is C36H31Cl6N5O3S2. The van der Waals surface area contributed by atoms with Crippen LogP contribution in [0.1, 0.15) is 32.8 Å². The summed E-state index contributed by atoms with van der Waals surface area (Å²) < 4.78 is 4.12. The summed E-state index contributed by atoms with van der Waals surface area (Å²) in [5, 5.41) is 18.2. The lowest BCUT2D eigenvalue weighted by Gasteiger charge is -2.19. The number of nitrogens with zero attached hydrogens (tertiary/aromatic N) is 5. The minimum Gasteiger partial charge on any atom is -0.336 e. The molecular weight excluding hydrogens is 827 g/mol. The van der Waals surface area contributed by atoms with Crippen molar-refractivity contribution < 1.29 is 10.3 Å². The molecule has 0 saturated carbocycles. The van der Waals surface area contributed by atoms with Crippen molar-refractivity contribution in [3.63, 3.8) is 0 Å². The van der Waals surface area contributed by atoms with E-state index < -0.39 is 5.09 Å². The highest BCUT2D eigenvalue weighted by molar-refractivity contribution is 7.99. The van der Waals surface area contributed by atoms with Gasteiger partial charge in [0, 0.05) is 90.0 Å². The largest absolute Gasteiger partial charge is 0.336 e. The zero-order valence-electron chi connectivity index (χ0n) is 27.1. The van der Waals surface area contributed by atoms with Crippen LogP contribution >= 0.6 is 93.1 Å². The molecule has 0 aliphatic carbocycles. The van der Waals surface area contributed by atoms with Crippen LogP contribution in [0.25, 0.3) is 0 Å². The molecule has 1 N–H and O–H groups in total. The Balaban J connectivity index is 0.000000211. The minimum absolute atomic E-state index is 0.194. The molecule has 2 atom stereocenters. The Morgan fingerprint density at radius 2 is 0.962 bits per heavy atom. The first kappa shape index (κ1) is 41.7. The Morgan fingerprint density at radius 1 is 0.615 bits per heavy atom. The maximum Gasteiger partial charge on any atom is 0.291 e. The van der Waals surface area contributed by atoms with E-state index in [4.69, 9.17) is 84.9 Å². The Hall–Kier alpha value is -3.06. The fraction of sp³-hybridized carbons (Fsp3) is 0.167. The fourth-order valence-electron chi connectivity index (χ4n) is 4.73. The second-order valence-corrected chi connectivity index (χ2v) is 15.9. The third kappa shape index (κ3) is 14.4. The summed E-state index contributed by atoms with van der Waals surface area (Å²) in [7, 11) is 0. The molecule has 0 aliphatic rings. The number of benzene rings is 4. The first-order valence-corrected chi connectivity index (χ1v) is 19.7. The van der Waals surface area contributed by atoms with Gasteiger partial charge in [0.25, 0.3) is 5.09 Å². The topological polar surface area (TPSA) is 99.0 Å². The molecule has 0 amide bonds.